The van der Waals surface area contributed by atoms with Crippen LogP contribution in [0.2, 0.25) is 0 Å². The van der Waals surface area contributed by atoms with E-state index in [1.807, 2.05) is 24.4 Å². The Bertz CT molecular complexity index is 517. The lowest BCUT2D eigenvalue weighted by Gasteiger charge is -2.08. The second-order valence-electron chi connectivity index (χ2n) is 3.73. The first kappa shape index (κ1) is 8.35. The molecule has 2 aromatic rings. The number of rotatable bonds is 1. The van der Waals surface area contributed by atoms with E-state index in [0.717, 1.165) is 11.1 Å². The minimum absolute atomic E-state index is 0.0887. The molecule has 1 aromatic carbocycles. The van der Waals surface area contributed by atoms with Gasteiger partial charge >= 0.3 is 6.03 Å². The van der Waals surface area contributed by atoms with E-state index in [4.69, 9.17) is 0 Å². The van der Waals surface area contributed by atoms with Crippen molar-refractivity contribution in [2.75, 3.05) is 6.54 Å². The Kier molecular flexibility index (Phi) is 1.68. The fourth-order valence-corrected chi connectivity index (χ4v) is 1.94. The highest BCUT2D eigenvalue weighted by Crippen LogP contribution is 2.20. The summed E-state index contributed by atoms with van der Waals surface area (Å²) in [6.45, 7) is 0.661. The predicted octanol–water partition coefficient (Wildman–Crippen LogP) is 1.52. The molecule has 0 unspecified atom stereocenters. The maximum Gasteiger partial charge on any atom is 0.315 e. The van der Waals surface area contributed by atoms with Gasteiger partial charge < -0.3 is 15.6 Å². The first-order chi connectivity index (χ1) is 7.33. The molecule has 2 amide bonds. The van der Waals surface area contributed by atoms with E-state index in [9.17, 15) is 4.79 Å². The first-order valence-corrected chi connectivity index (χ1v) is 4.94. The van der Waals surface area contributed by atoms with Crippen molar-refractivity contribution in [1.29, 1.82) is 0 Å². The molecule has 1 saturated heterocycles. The minimum Gasteiger partial charge on any atom is -0.361 e. The second-order valence-corrected chi connectivity index (χ2v) is 3.73. The van der Waals surface area contributed by atoms with Crippen molar-refractivity contribution in [3.05, 3.63) is 36.0 Å². The van der Waals surface area contributed by atoms with Gasteiger partial charge in [-0.15, -0.1) is 0 Å². The largest absolute Gasteiger partial charge is 0.361 e. The van der Waals surface area contributed by atoms with Crippen molar-refractivity contribution in [2.45, 2.75) is 6.04 Å². The Morgan fingerprint density at radius 2 is 2.20 bits per heavy atom. The fraction of sp³-hybridized carbons (Fsp3) is 0.182. The smallest absolute Gasteiger partial charge is 0.315 e. The van der Waals surface area contributed by atoms with E-state index in [0.29, 0.717) is 6.54 Å². The molecule has 76 valence electrons. The molecule has 0 radical (unpaired) electrons. The summed E-state index contributed by atoms with van der Waals surface area (Å²) in [5.74, 6) is 0. The SMILES string of the molecule is O=C1NC[C@H](c2ccc3[nH]ccc3c2)N1. The van der Waals surface area contributed by atoms with E-state index >= 15 is 0 Å². The van der Waals surface area contributed by atoms with Crippen LogP contribution >= 0.6 is 0 Å². The highest BCUT2D eigenvalue weighted by molar-refractivity contribution is 5.81. The van der Waals surface area contributed by atoms with Crippen LogP contribution < -0.4 is 10.6 Å². The monoisotopic (exact) mass is 201 g/mol. The van der Waals surface area contributed by atoms with E-state index in [1.54, 1.807) is 0 Å². The summed E-state index contributed by atoms with van der Waals surface area (Å²) < 4.78 is 0. The number of nitrogens with one attached hydrogen (secondary N) is 3. The molecule has 15 heavy (non-hydrogen) atoms. The number of fused-ring (bicyclic) bond motifs is 1. The molecule has 1 aromatic heterocycles. The van der Waals surface area contributed by atoms with Crippen LogP contribution in [0.25, 0.3) is 10.9 Å². The zero-order valence-corrected chi connectivity index (χ0v) is 8.08. The summed E-state index contributed by atoms with van der Waals surface area (Å²) in [5, 5.41) is 6.79. The fourth-order valence-electron chi connectivity index (χ4n) is 1.94. The molecule has 3 N–H and O–H groups in total. The molecule has 2 heterocycles. The van der Waals surface area contributed by atoms with E-state index < -0.39 is 0 Å². The number of hydrogen-bond acceptors (Lipinski definition) is 1. The van der Waals surface area contributed by atoms with Crippen LogP contribution in [-0.4, -0.2) is 17.6 Å². The number of urea groups is 1. The molecular formula is C11H11N3O. The minimum atomic E-state index is -0.0887. The molecule has 4 nitrogen and oxygen atoms in total. The third-order valence-electron chi connectivity index (χ3n) is 2.75. The third-order valence-corrected chi connectivity index (χ3v) is 2.75. The van der Waals surface area contributed by atoms with Gasteiger partial charge in [-0.1, -0.05) is 6.07 Å². The quantitative estimate of drug-likeness (QED) is 0.643. The van der Waals surface area contributed by atoms with Gasteiger partial charge in [0, 0.05) is 18.3 Å². The Morgan fingerprint density at radius 3 is 3.00 bits per heavy atom. The van der Waals surface area contributed by atoms with Gasteiger partial charge in [-0.25, -0.2) is 4.79 Å². The van der Waals surface area contributed by atoms with Gasteiger partial charge in [0.2, 0.25) is 0 Å². The van der Waals surface area contributed by atoms with Gasteiger partial charge in [0.1, 0.15) is 0 Å². The number of benzene rings is 1. The summed E-state index contributed by atoms with van der Waals surface area (Å²) >= 11 is 0. The van der Waals surface area contributed by atoms with E-state index in [2.05, 4.69) is 21.7 Å². The molecular weight excluding hydrogens is 190 g/mol. The Hall–Kier alpha value is -1.97. The third kappa shape index (κ3) is 1.34. The Labute approximate surface area is 86.7 Å². The van der Waals surface area contributed by atoms with Gasteiger partial charge in [-0.05, 0) is 29.1 Å². The molecule has 3 rings (SSSR count). The van der Waals surface area contributed by atoms with Crippen molar-refractivity contribution >= 4 is 16.9 Å². The molecule has 1 fully saturated rings. The Morgan fingerprint density at radius 1 is 1.27 bits per heavy atom. The number of aromatic amines is 1. The van der Waals surface area contributed by atoms with Crippen LogP contribution in [-0.2, 0) is 0 Å². The predicted molar refractivity (Wildman–Crippen MR) is 57.6 cm³/mol. The number of carbonyl (C=O) groups excluding carboxylic acids is 1. The number of aromatic nitrogens is 1. The van der Waals surface area contributed by atoms with Crippen molar-refractivity contribution < 1.29 is 4.79 Å². The lowest BCUT2D eigenvalue weighted by Crippen LogP contribution is -2.21. The molecule has 0 bridgehead atoms. The number of hydrogen-bond donors (Lipinski definition) is 3. The van der Waals surface area contributed by atoms with Crippen molar-refractivity contribution in [2.24, 2.45) is 0 Å². The lowest BCUT2D eigenvalue weighted by molar-refractivity contribution is 0.247. The highest BCUT2D eigenvalue weighted by Gasteiger charge is 2.21. The zero-order valence-electron chi connectivity index (χ0n) is 8.08. The van der Waals surface area contributed by atoms with Crippen LogP contribution in [0.5, 0.6) is 0 Å². The van der Waals surface area contributed by atoms with Crippen molar-refractivity contribution in [3.63, 3.8) is 0 Å². The van der Waals surface area contributed by atoms with Gasteiger partial charge in [0.25, 0.3) is 0 Å². The molecule has 1 aliphatic heterocycles. The van der Waals surface area contributed by atoms with Crippen LogP contribution in [0.15, 0.2) is 30.5 Å². The van der Waals surface area contributed by atoms with Crippen LogP contribution in [0.3, 0.4) is 0 Å². The lowest BCUT2D eigenvalue weighted by atomic mass is 10.1. The summed E-state index contributed by atoms with van der Waals surface area (Å²) in [4.78, 5) is 14.2. The molecule has 4 heteroatoms. The molecule has 1 atom stereocenters. The van der Waals surface area contributed by atoms with E-state index in [-0.39, 0.29) is 12.1 Å². The molecule has 1 aliphatic rings. The number of carbonyl (C=O) groups is 1. The van der Waals surface area contributed by atoms with Crippen LogP contribution in [0, 0.1) is 0 Å². The van der Waals surface area contributed by atoms with Gasteiger partial charge in [0.05, 0.1) is 6.04 Å². The van der Waals surface area contributed by atoms with Crippen LogP contribution in [0.1, 0.15) is 11.6 Å². The molecule has 0 saturated carbocycles. The first-order valence-electron chi connectivity index (χ1n) is 4.94. The van der Waals surface area contributed by atoms with Gasteiger partial charge in [-0.2, -0.15) is 0 Å². The molecule has 0 aliphatic carbocycles. The topological polar surface area (TPSA) is 56.9 Å². The average molecular weight is 201 g/mol. The summed E-state index contributed by atoms with van der Waals surface area (Å²) in [6, 6.07) is 8.21. The maximum absolute atomic E-state index is 11.0. The highest BCUT2D eigenvalue weighted by atomic mass is 16.2. The number of H-pyrrole nitrogens is 1. The van der Waals surface area contributed by atoms with Gasteiger partial charge in [-0.3, -0.25) is 0 Å². The second kappa shape index (κ2) is 3.02. The standard InChI is InChI=1S/C11H11N3O/c15-11-13-6-10(14-11)7-1-2-9-8(5-7)3-4-12-9/h1-5,10,12H,6H2,(H2,13,14,15)/t10-/m1/s1. The zero-order chi connectivity index (χ0) is 10.3. The maximum atomic E-state index is 11.0. The van der Waals surface area contributed by atoms with E-state index in [1.165, 1.54) is 5.39 Å². The summed E-state index contributed by atoms with van der Waals surface area (Å²) in [7, 11) is 0. The normalized spacial score (nSPS) is 20.3. The summed E-state index contributed by atoms with van der Waals surface area (Å²) in [5.41, 5.74) is 2.26. The Balaban J connectivity index is 2.00. The molecule has 0 spiro atoms. The average Bonchev–Trinajstić information content (AvgIpc) is 2.84. The van der Waals surface area contributed by atoms with Crippen molar-refractivity contribution in [1.82, 2.24) is 15.6 Å². The number of amides is 2. The summed E-state index contributed by atoms with van der Waals surface area (Å²) in [6.07, 6.45) is 1.92. The van der Waals surface area contributed by atoms with Crippen LogP contribution in [0.4, 0.5) is 4.79 Å². The van der Waals surface area contributed by atoms with Gasteiger partial charge in [0.15, 0.2) is 0 Å². The van der Waals surface area contributed by atoms with Crippen molar-refractivity contribution in [3.8, 4) is 0 Å².